The van der Waals surface area contributed by atoms with E-state index in [-0.39, 0.29) is 12.2 Å². The highest BCUT2D eigenvalue weighted by Crippen LogP contribution is 2.20. The average Bonchev–Trinajstić information content (AvgIpc) is 2.82. The molecule has 1 amide bonds. The molecular formula is C12H16N2O3. The molecule has 0 aliphatic carbocycles. The van der Waals surface area contributed by atoms with Crippen molar-refractivity contribution in [3.8, 4) is 0 Å². The third-order valence-corrected chi connectivity index (χ3v) is 2.83. The van der Waals surface area contributed by atoms with Gasteiger partial charge in [-0.25, -0.2) is 4.79 Å². The quantitative estimate of drug-likeness (QED) is 0.854. The van der Waals surface area contributed by atoms with Gasteiger partial charge < -0.3 is 15.2 Å². The van der Waals surface area contributed by atoms with Crippen molar-refractivity contribution in [2.45, 2.75) is 31.5 Å². The number of rotatable bonds is 4. The summed E-state index contributed by atoms with van der Waals surface area (Å²) in [7, 11) is 0. The Labute approximate surface area is 99.9 Å². The first-order valence-electron chi connectivity index (χ1n) is 5.72. The van der Waals surface area contributed by atoms with Gasteiger partial charge in [-0.15, -0.1) is 0 Å². The van der Waals surface area contributed by atoms with Crippen molar-refractivity contribution in [2.75, 3.05) is 6.61 Å². The normalized spacial score (nSPS) is 21.1. The molecule has 1 fully saturated rings. The monoisotopic (exact) mass is 236 g/mol. The second-order valence-corrected chi connectivity index (χ2v) is 4.09. The van der Waals surface area contributed by atoms with Crippen molar-refractivity contribution < 1.29 is 14.3 Å². The molecular weight excluding hydrogens is 220 g/mol. The summed E-state index contributed by atoms with van der Waals surface area (Å²) >= 11 is 0. The second-order valence-electron chi connectivity index (χ2n) is 4.09. The molecule has 1 unspecified atom stereocenters. The number of ether oxygens (including phenoxy) is 2. The summed E-state index contributed by atoms with van der Waals surface area (Å²) in [6, 6.07) is 3.79. The van der Waals surface area contributed by atoms with Crippen LogP contribution in [0.3, 0.4) is 0 Å². The molecule has 92 valence electrons. The van der Waals surface area contributed by atoms with Gasteiger partial charge in [-0.3, -0.25) is 4.98 Å². The van der Waals surface area contributed by atoms with Crippen LogP contribution in [0.5, 0.6) is 0 Å². The fourth-order valence-electron chi connectivity index (χ4n) is 2.05. The fraction of sp³-hybridized carbons (Fsp3) is 0.500. The van der Waals surface area contributed by atoms with E-state index in [4.69, 9.17) is 15.2 Å². The Hall–Kier alpha value is -1.62. The van der Waals surface area contributed by atoms with Crippen LogP contribution in [0.15, 0.2) is 24.5 Å². The van der Waals surface area contributed by atoms with E-state index in [1.54, 1.807) is 12.4 Å². The molecule has 1 saturated heterocycles. The molecule has 1 aliphatic heterocycles. The van der Waals surface area contributed by atoms with Crippen molar-refractivity contribution in [3.05, 3.63) is 30.1 Å². The largest absolute Gasteiger partial charge is 0.443 e. The predicted octanol–water partition coefficient (Wildman–Crippen LogP) is 1.27. The Kier molecular flexibility index (Phi) is 3.93. The van der Waals surface area contributed by atoms with Crippen molar-refractivity contribution in [1.29, 1.82) is 0 Å². The Morgan fingerprint density at radius 3 is 2.94 bits per heavy atom. The highest BCUT2D eigenvalue weighted by molar-refractivity contribution is 5.64. The first-order valence-corrected chi connectivity index (χ1v) is 5.72. The lowest BCUT2D eigenvalue weighted by atomic mass is 10.0. The van der Waals surface area contributed by atoms with Crippen LogP contribution >= 0.6 is 0 Å². The topological polar surface area (TPSA) is 74.4 Å². The summed E-state index contributed by atoms with van der Waals surface area (Å²) in [5, 5.41) is 0. The van der Waals surface area contributed by atoms with Crippen LogP contribution in [0.2, 0.25) is 0 Å². The lowest BCUT2D eigenvalue weighted by Crippen LogP contribution is -2.34. The predicted molar refractivity (Wildman–Crippen MR) is 61.4 cm³/mol. The van der Waals surface area contributed by atoms with E-state index in [0.29, 0.717) is 6.42 Å². The molecule has 5 nitrogen and oxygen atoms in total. The van der Waals surface area contributed by atoms with Gasteiger partial charge in [-0.05, 0) is 30.5 Å². The maximum absolute atomic E-state index is 10.9. The van der Waals surface area contributed by atoms with Crippen LogP contribution in [0, 0.1) is 0 Å². The number of hydrogen-bond donors (Lipinski definition) is 1. The number of pyridine rings is 1. The van der Waals surface area contributed by atoms with Crippen LogP contribution in [0.1, 0.15) is 18.4 Å². The Balaban J connectivity index is 2.02. The van der Waals surface area contributed by atoms with Crippen LogP contribution < -0.4 is 5.73 Å². The van der Waals surface area contributed by atoms with E-state index in [1.165, 1.54) is 0 Å². The maximum Gasteiger partial charge on any atom is 0.404 e. The van der Waals surface area contributed by atoms with Gasteiger partial charge in [0.15, 0.2) is 0 Å². The minimum atomic E-state index is -0.750. The molecule has 0 aromatic carbocycles. The van der Waals surface area contributed by atoms with Gasteiger partial charge in [0.25, 0.3) is 0 Å². The van der Waals surface area contributed by atoms with Gasteiger partial charge in [0.1, 0.15) is 6.10 Å². The van der Waals surface area contributed by atoms with E-state index in [0.717, 1.165) is 25.0 Å². The second kappa shape index (κ2) is 5.63. The first-order chi connectivity index (χ1) is 8.25. The SMILES string of the molecule is NC(=O)OC(Cc1ccncc1)[C@@H]1CCCO1. The molecule has 1 aromatic rings. The number of primary amides is 1. The van der Waals surface area contributed by atoms with Gasteiger partial charge in [0.05, 0.1) is 6.10 Å². The Bertz CT molecular complexity index is 363. The molecule has 0 spiro atoms. The molecule has 2 atom stereocenters. The summed E-state index contributed by atoms with van der Waals surface area (Å²) in [6.45, 7) is 0.722. The van der Waals surface area contributed by atoms with Gasteiger partial charge >= 0.3 is 6.09 Å². The zero-order chi connectivity index (χ0) is 12.1. The average molecular weight is 236 g/mol. The highest BCUT2D eigenvalue weighted by Gasteiger charge is 2.28. The van der Waals surface area contributed by atoms with Crippen molar-refractivity contribution in [2.24, 2.45) is 5.73 Å². The molecule has 0 bridgehead atoms. The van der Waals surface area contributed by atoms with E-state index in [9.17, 15) is 4.79 Å². The van der Waals surface area contributed by atoms with Crippen LogP contribution in [0.4, 0.5) is 4.79 Å². The summed E-state index contributed by atoms with van der Waals surface area (Å²) in [4.78, 5) is 14.8. The van der Waals surface area contributed by atoms with E-state index < -0.39 is 6.09 Å². The Morgan fingerprint density at radius 1 is 1.59 bits per heavy atom. The first kappa shape index (κ1) is 11.9. The minimum absolute atomic E-state index is 0.0457. The zero-order valence-electron chi connectivity index (χ0n) is 9.54. The molecule has 0 radical (unpaired) electrons. The van der Waals surface area contributed by atoms with E-state index in [1.807, 2.05) is 12.1 Å². The summed E-state index contributed by atoms with van der Waals surface area (Å²) < 4.78 is 10.7. The lowest BCUT2D eigenvalue weighted by molar-refractivity contribution is -0.00994. The lowest BCUT2D eigenvalue weighted by Gasteiger charge is -2.22. The number of hydrogen-bond acceptors (Lipinski definition) is 4. The van der Waals surface area contributed by atoms with Crippen LogP contribution in [0.25, 0.3) is 0 Å². The molecule has 0 saturated carbocycles. The Morgan fingerprint density at radius 2 is 2.35 bits per heavy atom. The molecule has 1 aromatic heterocycles. The molecule has 2 N–H and O–H groups in total. The minimum Gasteiger partial charge on any atom is -0.443 e. The third kappa shape index (κ3) is 3.42. The number of amides is 1. The van der Waals surface area contributed by atoms with Crippen molar-refractivity contribution in [1.82, 2.24) is 4.98 Å². The van der Waals surface area contributed by atoms with Crippen molar-refractivity contribution in [3.63, 3.8) is 0 Å². The number of aromatic nitrogens is 1. The summed E-state index contributed by atoms with van der Waals surface area (Å²) in [6.07, 6.45) is 4.84. The number of nitrogens with zero attached hydrogens (tertiary/aromatic N) is 1. The number of carbonyl (C=O) groups excluding carboxylic acids is 1. The third-order valence-electron chi connectivity index (χ3n) is 2.83. The summed E-state index contributed by atoms with van der Waals surface area (Å²) in [5.74, 6) is 0. The number of carbonyl (C=O) groups is 1. The number of nitrogens with two attached hydrogens (primary N) is 1. The molecule has 2 rings (SSSR count). The van der Waals surface area contributed by atoms with Gasteiger partial charge in [-0.2, -0.15) is 0 Å². The van der Waals surface area contributed by atoms with Crippen molar-refractivity contribution >= 4 is 6.09 Å². The molecule has 2 heterocycles. The fourth-order valence-corrected chi connectivity index (χ4v) is 2.05. The highest BCUT2D eigenvalue weighted by atomic mass is 16.6. The van der Waals surface area contributed by atoms with E-state index >= 15 is 0 Å². The van der Waals surface area contributed by atoms with E-state index in [2.05, 4.69) is 4.98 Å². The zero-order valence-corrected chi connectivity index (χ0v) is 9.54. The maximum atomic E-state index is 10.9. The van der Waals surface area contributed by atoms with Gasteiger partial charge in [0, 0.05) is 25.4 Å². The van der Waals surface area contributed by atoms with Crippen LogP contribution in [-0.2, 0) is 15.9 Å². The molecule has 5 heteroatoms. The van der Waals surface area contributed by atoms with Gasteiger partial charge in [-0.1, -0.05) is 0 Å². The summed E-state index contributed by atoms with van der Waals surface area (Å²) in [5.41, 5.74) is 6.14. The van der Waals surface area contributed by atoms with Gasteiger partial charge in [0.2, 0.25) is 0 Å². The molecule has 1 aliphatic rings. The van der Waals surface area contributed by atoms with Crippen LogP contribution in [-0.4, -0.2) is 29.9 Å². The standard InChI is InChI=1S/C12H16N2O3/c13-12(15)17-11(10-2-1-7-16-10)8-9-3-5-14-6-4-9/h3-6,10-11H,1-2,7-8H2,(H2,13,15)/t10-,11?/m0/s1. The smallest absolute Gasteiger partial charge is 0.404 e. The molecule has 17 heavy (non-hydrogen) atoms.